The molecule has 1 aromatic carbocycles. The summed E-state index contributed by atoms with van der Waals surface area (Å²) < 4.78 is 0. The molecule has 0 aromatic heterocycles. The van der Waals surface area contributed by atoms with E-state index in [4.69, 9.17) is 10.8 Å². The number of phenolic OH excluding ortho intramolecular Hbond substituents is 2. The average molecular weight is 238 g/mol. The van der Waals surface area contributed by atoms with Gasteiger partial charge in [-0.25, -0.2) is 0 Å². The molecule has 0 aliphatic heterocycles. The van der Waals surface area contributed by atoms with E-state index in [9.17, 15) is 9.90 Å². The van der Waals surface area contributed by atoms with Crippen molar-refractivity contribution in [3.05, 3.63) is 23.8 Å². The number of rotatable bonds is 5. The first kappa shape index (κ1) is 13.3. The maximum atomic E-state index is 12.1. The monoisotopic (exact) mass is 238 g/mol. The second-order valence-corrected chi connectivity index (χ2v) is 3.78. The lowest BCUT2D eigenvalue weighted by atomic mass is 10.1. The van der Waals surface area contributed by atoms with Gasteiger partial charge in [-0.3, -0.25) is 4.79 Å². The first-order chi connectivity index (χ1) is 8.10. The number of hydrogen-bond acceptors (Lipinski definition) is 4. The molecule has 0 atom stereocenters. The minimum atomic E-state index is -0.269. The highest BCUT2D eigenvalue weighted by Crippen LogP contribution is 2.23. The number of nitrogens with two attached hydrogens (primary N) is 1. The largest absolute Gasteiger partial charge is 0.508 e. The minimum Gasteiger partial charge on any atom is -0.508 e. The van der Waals surface area contributed by atoms with Crippen LogP contribution in [0.3, 0.4) is 0 Å². The van der Waals surface area contributed by atoms with Gasteiger partial charge in [0.15, 0.2) is 0 Å². The van der Waals surface area contributed by atoms with Crippen LogP contribution in [0, 0.1) is 0 Å². The molecule has 0 saturated heterocycles. The summed E-state index contributed by atoms with van der Waals surface area (Å²) in [5.41, 5.74) is 5.63. The Balaban J connectivity index is 2.92. The first-order valence-corrected chi connectivity index (χ1v) is 5.61. The lowest BCUT2D eigenvalue weighted by Gasteiger charge is -2.21. The quantitative estimate of drug-likeness (QED) is 0.711. The first-order valence-electron chi connectivity index (χ1n) is 5.61. The molecule has 5 heteroatoms. The summed E-state index contributed by atoms with van der Waals surface area (Å²) in [4.78, 5) is 13.7. The van der Waals surface area contributed by atoms with Gasteiger partial charge in [-0.1, -0.05) is 6.92 Å². The normalized spacial score (nSPS) is 10.2. The zero-order valence-electron chi connectivity index (χ0n) is 9.89. The summed E-state index contributed by atoms with van der Waals surface area (Å²) in [5, 5.41) is 18.8. The van der Waals surface area contributed by atoms with Gasteiger partial charge in [0.1, 0.15) is 11.5 Å². The number of hydrogen-bond donors (Lipinski definition) is 3. The highest BCUT2D eigenvalue weighted by molar-refractivity contribution is 5.97. The van der Waals surface area contributed by atoms with Crippen LogP contribution in [0.15, 0.2) is 18.2 Å². The Hall–Kier alpha value is -1.75. The van der Waals surface area contributed by atoms with E-state index in [2.05, 4.69) is 0 Å². The van der Waals surface area contributed by atoms with Crippen molar-refractivity contribution >= 4 is 5.91 Å². The molecule has 94 valence electrons. The van der Waals surface area contributed by atoms with E-state index < -0.39 is 0 Å². The number of phenols is 2. The highest BCUT2D eigenvalue weighted by atomic mass is 16.3. The standard InChI is InChI=1S/C12H18N2O3/c1-2-6-14(7-5-13)12(17)10-4-3-9(15)8-11(10)16/h3-4,8,15-16H,2,5-7,13H2,1H3. The Morgan fingerprint density at radius 3 is 2.59 bits per heavy atom. The molecule has 0 aliphatic carbocycles. The lowest BCUT2D eigenvalue weighted by molar-refractivity contribution is 0.0757. The Bertz CT molecular complexity index is 387. The molecule has 0 bridgehead atoms. The zero-order chi connectivity index (χ0) is 12.8. The number of aromatic hydroxyl groups is 2. The van der Waals surface area contributed by atoms with E-state index in [0.29, 0.717) is 19.6 Å². The summed E-state index contributed by atoms with van der Waals surface area (Å²) in [6, 6.07) is 3.94. The molecule has 0 saturated carbocycles. The summed E-state index contributed by atoms with van der Waals surface area (Å²) in [6.45, 7) is 3.39. The Labute approximate surface area is 100 Å². The van der Waals surface area contributed by atoms with Crippen LogP contribution in [-0.4, -0.2) is 40.7 Å². The molecule has 0 spiro atoms. The number of benzene rings is 1. The second kappa shape index (κ2) is 6.10. The van der Waals surface area contributed by atoms with Gasteiger partial charge in [0.05, 0.1) is 5.56 Å². The molecule has 17 heavy (non-hydrogen) atoms. The predicted molar refractivity (Wildman–Crippen MR) is 65.0 cm³/mol. The Kier molecular flexibility index (Phi) is 4.78. The number of nitrogens with zero attached hydrogens (tertiary/aromatic N) is 1. The van der Waals surface area contributed by atoms with E-state index in [0.717, 1.165) is 12.5 Å². The summed E-state index contributed by atoms with van der Waals surface area (Å²) in [5.74, 6) is -0.553. The third kappa shape index (κ3) is 3.35. The van der Waals surface area contributed by atoms with Gasteiger partial charge >= 0.3 is 0 Å². The Morgan fingerprint density at radius 2 is 2.06 bits per heavy atom. The second-order valence-electron chi connectivity index (χ2n) is 3.78. The molecule has 5 nitrogen and oxygen atoms in total. The third-order valence-electron chi connectivity index (χ3n) is 2.39. The topological polar surface area (TPSA) is 86.8 Å². The van der Waals surface area contributed by atoms with Gasteiger partial charge in [0, 0.05) is 25.7 Å². The van der Waals surface area contributed by atoms with E-state index in [1.54, 1.807) is 4.90 Å². The van der Waals surface area contributed by atoms with Crippen LogP contribution >= 0.6 is 0 Å². The summed E-state index contributed by atoms with van der Waals surface area (Å²) >= 11 is 0. The van der Waals surface area contributed by atoms with Gasteiger partial charge in [-0.2, -0.15) is 0 Å². The van der Waals surface area contributed by atoms with Crippen molar-refractivity contribution in [1.82, 2.24) is 4.90 Å². The van der Waals surface area contributed by atoms with Crippen LogP contribution in [0.25, 0.3) is 0 Å². The van der Waals surface area contributed by atoms with Crippen LogP contribution in [0.1, 0.15) is 23.7 Å². The molecule has 0 heterocycles. The molecule has 0 aliphatic rings. The third-order valence-corrected chi connectivity index (χ3v) is 2.39. The minimum absolute atomic E-state index is 0.0695. The van der Waals surface area contributed by atoms with E-state index in [1.165, 1.54) is 12.1 Å². The fourth-order valence-corrected chi connectivity index (χ4v) is 1.61. The van der Waals surface area contributed by atoms with Crippen molar-refractivity contribution in [2.45, 2.75) is 13.3 Å². The fourth-order valence-electron chi connectivity index (χ4n) is 1.61. The Morgan fingerprint density at radius 1 is 1.35 bits per heavy atom. The molecule has 0 fully saturated rings. The van der Waals surface area contributed by atoms with Crippen molar-refractivity contribution in [2.24, 2.45) is 5.73 Å². The fraction of sp³-hybridized carbons (Fsp3) is 0.417. The van der Waals surface area contributed by atoms with Crippen molar-refractivity contribution < 1.29 is 15.0 Å². The van der Waals surface area contributed by atoms with Crippen LogP contribution in [0.2, 0.25) is 0 Å². The van der Waals surface area contributed by atoms with Crippen molar-refractivity contribution in [1.29, 1.82) is 0 Å². The SMILES string of the molecule is CCCN(CCN)C(=O)c1ccc(O)cc1O. The molecular weight excluding hydrogens is 220 g/mol. The van der Waals surface area contributed by atoms with Crippen LogP contribution in [0.5, 0.6) is 11.5 Å². The van der Waals surface area contributed by atoms with E-state index >= 15 is 0 Å². The van der Waals surface area contributed by atoms with Crippen LogP contribution in [-0.2, 0) is 0 Å². The number of carbonyl (C=O) groups excluding carboxylic acids is 1. The zero-order valence-corrected chi connectivity index (χ0v) is 9.89. The number of carbonyl (C=O) groups is 1. The van der Waals surface area contributed by atoms with Gasteiger partial charge in [-0.05, 0) is 18.6 Å². The molecule has 0 radical (unpaired) electrons. The predicted octanol–water partition coefficient (Wildman–Crippen LogP) is 0.909. The van der Waals surface area contributed by atoms with E-state index in [-0.39, 0.29) is 23.0 Å². The van der Waals surface area contributed by atoms with Crippen molar-refractivity contribution in [3.8, 4) is 11.5 Å². The number of amides is 1. The average Bonchev–Trinajstić information content (AvgIpc) is 2.28. The van der Waals surface area contributed by atoms with Crippen molar-refractivity contribution in [3.63, 3.8) is 0 Å². The summed E-state index contributed by atoms with van der Waals surface area (Å²) in [6.07, 6.45) is 0.824. The summed E-state index contributed by atoms with van der Waals surface area (Å²) in [7, 11) is 0. The van der Waals surface area contributed by atoms with Gasteiger partial charge in [-0.15, -0.1) is 0 Å². The maximum Gasteiger partial charge on any atom is 0.257 e. The molecule has 0 unspecified atom stereocenters. The van der Waals surface area contributed by atoms with E-state index in [1.807, 2.05) is 6.92 Å². The van der Waals surface area contributed by atoms with Gasteiger partial charge in [0.2, 0.25) is 0 Å². The molecule has 1 rings (SSSR count). The molecular formula is C12H18N2O3. The maximum absolute atomic E-state index is 12.1. The van der Waals surface area contributed by atoms with Gasteiger partial charge < -0.3 is 20.8 Å². The lowest BCUT2D eigenvalue weighted by Crippen LogP contribution is -2.35. The molecule has 1 aromatic rings. The van der Waals surface area contributed by atoms with Crippen LogP contribution < -0.4 is 5.73 Å². The molecule has 1 amide bonds. The van der Waals surface area contributed by atoms with Crippen LogP contribution in [0.4, 0.5) is 0 Å². The van der Waals surface area contributed by atoms with Crippen molar-refractivity contribution in [2.75, 3.05) is 19.6 Å². The highest BCUT2D eigenvalue weighted by Gasteiger charge is 2.17. The molecule has 4 N–H and O–H groups in total. The van der Waals surface area contributed by atoms with Gasteiger partial charge in [0.25, 0.3) is 5.91 Å². The smallest absolute Gasteiger partial charge is 0.257 e.